The standard InChI is InChI=1S/C12H12N4O2/c1-8-10(12(17)18)4-5-11(14-8)16-15-9-3-2-6-13-7-9/h2-7,15H,1H3,(H,14,16)(H,17,18). The predicted molar refractivity (Wildman–Crippen MR) is 67.4 cm³/mol. The summed E-state index contributed by atoms with van der Waals surface area (Å²) in [6.07, 6.45) is 3.33. The molecule has 0 aliphatic heterocycles. The van der Waals surface area contributed by atoms with Crippen molar-refractivity contribution >= 4 is 17.5 Å². The molecule has 0 spiro atoms. The number of anilines is 2. The Morgan fingerprint density at radius 2 is 2.11 bits per heavy atom. The number of hydrazine groups is 1. The molecule has 6 heteroatoms. The van der Waals surface area contributed by atoms with Gasteiger partial charge in [0.25, 0.3) is 0 Å². The van der Waals surface area contributed by atoms with Crippen molar-refractivity contribution in [1.29, 1.82) is 0 Å². The van der Waals surface area contributed by atoms with Gasteiger partial charge in [-0.25, -0.2) is 9.78 Å². The lowest BCUT2D eigenvalue weighted by molar-refractivity contribution is 0.0695. The summed E-state index contributed by atoms with van der Waals surface area (Å²) in [5, 5.41) is 8.88. The van der Waals surface area contributed by atoms with Crippen molar-refractivity contribution in [2.24, 2.45) is 0 Å². The van der Waals surface area contributed by atoms with Crippen LogP contribution in [0, 0.1) is 6.92 Å². The highest BCUT2D eigenvalue weighted by atomic mass is 16.4. The molecule has 6 nitrogen and oxygen atoms in total. The monoisotopic (exact) mass is 244 g/mol. The third-order valence-corrected chi connectivity index (χ3v) is 2.31. The number of nitrogens with zero attached hydrogens (tertiary/aromatic N) is 2. The fourth-order valence-corrected chi connectivity index (χ4v) is 1.43. The average Bonchev–Trinajstić information content (AvgIpc) is 2.37. The third kappa shape index (κ3) is 2.73. The summed E-state index contributed by atoms with van der Waals surface area (Å²) in [5.41, 5.74) is 7.23. The fraction of sp³-hybridized carbons (Fsp3) is 0.0833. The van der Waals surface area contributed by atoms with Crippen LogP contribution >= 0.6 is 0 Å². The number of aryl methyl sites for hydroxylation is 1. The van der Waals surface area contributed by atoms with E-state index in [1.165, 1.54) is 6.07 Å². The smallest absolute Gasteiger partial charge is 0.337 e. The van der Waals surface area contributed by atoms with Crippen molar-refractivity contribution in [2.45, 2.75) is 6.92 Å². The minimum atomic E-state index is -0.980. The summed E-state index contributed by atoms with van der Waals surface area (Å²) in [6.45, 7) is 1.65. The second kappa shape index (κ2) is 5.13. The number of aromatic nitrogens is 2. The number of carbonyl (C=O) groups is 1. The first-order valence-corrected chi connectivity index (χ1v) is 5.30. The maximum atomic E-state index is 10.8. The summed E-state index contributed by atoms with van der Waals surface area (Å²) in [6, 6.07) is 6.76. The molecule has 18 heavy (non-hydrogen) atoms. The van der Waals surface area contributed by atoms with E-state index in [1.54, 1.807) is 31.5 Å². The number of rotatable bonds is 4. The lowest BCUT2D eigenvalue weighted by Gasteiger charge is -2.09. The summed E-state index contributed by atoms with van der Waals surface area (Å²) < 4.78 is 0. The molecule has 2 heterocycles. The summed E-state index contributed by atoms with van der Waals surface area (Å²) in [5.74, 6) is -0.437. The topological polar surface area (TPSA) is 87.1 Å². The molecule has 2 aromatic heterocycles. The van der Waals surface area contributed by atoms with Gasteiger partial charge in [0.15, 0.2) is 0 Å². The molecule has 0 saturated carbocycles. The minimum absolute atomic E-state index is 0.196. The van der Waals surface area contributed by atoms with Crippen LogP contribution in [0.25, 0.3) is 0 Å². The van der Waals surface area contributed by atoms with E-state index in [0.717, 1.165) is 5.69 Å². The lowest BCUT2D eigenvalue weighted by Crippen LogP contribution is -2.11. The quantitative estimate of drug-likeness (QED) is 0.712. The molecule has 0 saturated heterocycles. The molecular formula is C12H12N4O2. The van der Waals surface area contributed by atoms with Gasteiger partial charge in [-0.2, -0.15) is 0 Å². The van der Waals surface area contributed by atoms with Crippen molar-refractivity contribution in [3.05, 3.63) is 47.9 Å². The Bertz CT molecular complexity index is 557. The summed E-state index contributed by atoms with van der Waals surface area (Å²) in [4.78, 5) is 18.9. The van der Waals surface area contributed by atoms with Crippen molar-refractivity contribution in [1.82, 2.24) is 9.97 Å². The third-order valence-electron chi connectivity index (χ3n) is 2.31. The molecular weight excluding hydrogens is 232 g/mol. The molecule has 0 unspecified atom stereocenters. The van der Waals surface area contributed by atoms with Crippen molar-refractivity contribution in [3.63, 3.8) is 0 Å². The lowest BCUT2D eigenvalue weighted by atomic mass is 10.2. The van der Waals surface area contributed by atoms with Gasteiger partial charge in [-0.1, -0.05) is 0 Å². The van der Waals surface area contributed by atoms with Crippen LogP contribution in [0.2, 0.25) is 0 Å². The first-order chi connectivity index (χ1) is 8.66. The molecule has 0 aliphatic carbocycles. The second-order valence-corrected chi connectivity index (χ2v) is 3.63. The van der Waals surface area contributed by atoms with E-state index >= 15 is 0 Å². The first-order valence-electron chi connectivity index (χ1n) is 5.30. The molecule has 0 bridgehead atoms. The maximum absolute atomic E-state index is 10.8. The number of carboxylic acids is 1. The Hall–Kier alpha value is -2.63. The van der Waals surface area contributed by atoms with E-state index in [-0.39, 0.29) is 5.56 Å². The Kier molecular flexibility index (Phi) is 3.38. The van der Waals surface area contributed by atoms with Gasteiger partial charge in [-0.15, -0.1) is 0 Å². The van der Waals surface area contributed by atoms with Gasteiger partial charge in [0, 0.05) is 6.20 Å². The normalized spacial score (nSPS) is 9.83. The molecule has 0 atom stereocenters. The van der Waals surface area contributed by atoms with Crippen LogP contribution in [0.1, 0.15) is 16.1 Å². The van der Waals surface area contributed by atoms with Crippen LogP contribution in [0.3, 0.4) is 0 Å². The predicted octanol–water partition coefficient (Wildman–Crippen LogP) is 1.92. The largest absolute Gasteiger partial charge is 0.478 e. The zero-order valence-electron chi connectivity index (χ0n) is 9.71. The molecule has 0 fully saturated rings. The summed E-state index contributed by atoms with van der Waals surface area (Å²) >= 11 is 0. The van der Waals surface area contributed by atoms with Crippen LogP contribution < -0.4 is 10.9 Å². The van der Waals surface area contributed by atoms with E-state index in [1.807, 2.05) is 6.07 Å². The van der Waals surface area contributed by atoms with Gasteiger partial charge in [-0.3, -0.25) is 15.8 Å². The molecule has 0 amide bonds. The van der Waals surface area contributed by atoms with Crippen molar-refractivity contribution < 1.29 is 9.90 Å². The number of nitrogens with one attached hydrogen (secondary N) is 2. The van der Waals surface area contributed by atoms with E-state index in [2.05, 4.69) is 20.8 Å². The molecule has 2 rings (SSSR count). The molecule has 3 N–H and O–H groups in total. The van der Waals surface area contributed by atoms with Gasteiger partial charge >= 0.3 is 5.97 Å². The molecule has 2 aromatic rings. The van der Waals surface area contributed by atoms with Crippen LogP contribution in [0.4, 0.5) is 11.5 Å². The van der Waals surface area contributed by atoms with Gasteiger partial charge in [0.1, 0.15) is 5.82 Å². The van der Waals surface area contributed by atoms with Crippen molar-refractivity contribution in [3.8, 4) is 0 Å². The van der Waals surface area contributed by atoms with Gasteiger partial charge < -0.3 is 5.11 Å². The highest BCUT2D eigenvalue weighted by molar-refractivity contribution is 5.89. The first kappa shape index (κ1) is 11.8. The second-order valence-electron chi connectivity index (χ2n) is 3.63. The molecule has 0 aliphatic rings. The number of carboxylic acid groups (broad SMARTS) is 1. The number of pyridine rings is 2. The van der Waals surface area contributed by atoms with Crippen LogP contribution in [0.5, 0.6) is 0 Å². The molecule has 0 radical (unpaired) electrons. The zero-order valence-corrected chi connectivity index (χ0v) is 9.71. The van der Waals surface area contributed by atoms with Crippen molar-refractivity contribution in [2.75, 3.05) is 10.9 Å². The Morgan fingerprint density at radius 1 is 1.28 bits per heavy atom. The summed E-state index contributed by atoms with van der Waals surface area (Å²) in [7, 11) is 0. The van der Waals surface area contributed by atoms with Gasteiger partial charge in [0.2, 0.25) is 0 Å². The number of hydrogen-bond acceptors (Lipinski definition) is 5. The van der Waals surface area contributed by atoms with Gasteiger partial charge in [-0.05, 0) is 31.2 Å². The van der Waals surface area contributed by atoms with Gasteiger partial charge in [0.05, 0.1) is 23.1 Å². The van der Waals surface area contributed by atoms with E-state index in [0.29, 0.717) is 11.5 Å². The van der Waals surface area contributed by atoms with Crippen LogP contribution in [-0.4, -0.2) is 21.0 Å². The fourth-order valence-electron chi connectivity index (χ4n) is 1.43. The Labute approximate surface area is 104 Å². The Morgan fingerprint density at radius 3 is 2.72 bits per heavy atom. The van der Waals surface area contributed by atoms with Crippen LogP contribution in [-0.2, 0) is 0 Å². The Balaban J connectivity index is 2.07. The molecule has 0 aromatic carbocycles. The number of hydrogen-bond donors (Lipinski definition) is 3. The highest BCUT2D eigenvalue weighted by Crippen LogP contribution is 2.11. The molecule has 92 valence electrons. The van der Waals surface area contributed by atoms with E-state index < -0.39 is 5.97 Å². The van der Waals surface area contributed by atoms with E-state index in [4.69, 9.17) is 5.11 Å². The maximum Gasteiger partial charge on any atom is 0.337 e. The average molecular weight is 244 g/mol. The highest BCUT2D eigenvalue weighted by Gasteiger charge is 2.08. The van der Waals surface area contributed by atoms with E-state index in [9.17, 15) is 4.79 Å². The minimum Gasteiger partial charge on any atom is -0.478 e. The zero-order chi connectivity index (χ0) is 13.0. The SMILES string of the molecule is Cc1nc(NNc2cccnc2)ccc1C(=O)O. The van der Waals surface area contributed by atoms with Crippen LogP contribution in [0.15, 0.2) is 36.7 Å². The number of aromatic carboxylic acids is 1.